The number of amides is 2. The summed E-state index contributed by atoms with van der Waals surface area (Å²) in [5.74, 6) is 0.502. The lowest BCUT2D eigenvalue weighted by molar-refractivity contribution is -0.116. The molecule has 1 aromatic heterocycles. The van der Waals surface area contributed by atoms with Gasteiger partial charge in [0.1, 0.15) is 0 Å². The number of nitrogens with two attached hydrogens (primary N) is 1. The third kappa shape index (κ3) is 5.12. The van der Waals surface area contributed by atoms with Crippen LogP contribution in [0.3, 0.4) is 0 Å². The molecule has 2 aromatic carbocycles. The number of carbonyl (C=O) groups is 2. The van der Waals surface area contributed by atoms with Crippen molar-refractivity contribution in [3.05, 3.63) is 66.2 Å². The molecule has 1 aliphatic rings. The number of nitrogens with zero attached hydrogens (tertiary/aromatic N) is 2. The second kappa shape index (κ2) is 9.47. The van der Waals surface area contributed by atoms with E-state index < -0.39 is 5.91 Å². The summed E-state index contributed by atoms with van der Waals surface area (Å²) < 4.78 is 5.78. The van der Waals surface area contributed by atoms with E-state index in [9.17, 15) is 9.59 Å². The summed E-state index contributed by atoms with van der Waals surface area (Å²) >= 11 is 0. The molecule has 2 amide bonds. The first-order chi connectivity index (χ1) is 15.1. The number of benzene rings is 2. The molecule has 1 fully saturated rings. The number of primary amides is 1. The molecule has 3 N–H and O–H groups in total. The van der Waals surface area contributed by atoms with Crippen molar-refractivity contribution < 1.29 is 14.0 Å². The van der Waals surface area contributed by atoms with Crippen molar-refractivity contribution in [3.8, 4) is 11.3 Å². The predicted molar refractivity (Wildman–Crippen MR) is 120 cm³/mol. The van der Waals surface area contributed by atoms with E-state index in [0.717, 1.165) is 37.2 Å². The highest BCUT2D eigenvalue weighted by molar-refractivity contribution is 5.99. The molecule has 1 aliphatic heterocycles. The minimum atomic E-state index is -0.520. The zero-order chi connectivity index (χ0) is 21.6. The third-order valence-corrected chi connectivity index (χ3v) is 5.43. The average Bonchev–Trinajstić information content (AvgIpc) is 3.28. The fraction of sp³-hybridized carbons (Fsp3) is 0.292. The molecule has 7 heteroatoms. The topological polar surface area (TPSA) is 101 Å². The van der Waals surface area contributed by atoms with Gasteiger partial charge in [-0.25, -0.2) is 4.98 Å². The summed E-state index contributed by atoms with van der Waals surface area (Å²) in [6.45, 7) is 1.86. The van der Waals surface area contributed by atoms with Crippen LogP contribution in [0.1, 0.15) is 41.9 Å². The van der Waals surface area contributed by atoms with E-state index in [-0.39, 0.29) is 12.3 Å². The molecule has 0 spiro atoms. The Hall–Kier alpha value is -3.61. The van der Waals surface area contributed by atoms with E-state index in [1.165, 1.54) is 6.42 Å². The van der Waals surface area contributed by atoms with Crippen LogP contribution in [0.4, 0.5) is 11.4 Å². The maximum absolute atomic E-state index is 12.7. The normalized spacial score (nSPS) is 13.7. The highest BCUT2D eigenvalue weighted by Gasteiger charge is 2.18. The van der Waals surface area contributed by atoms with Crippen LogP contribution in [0.5, 0.6) is 0 Å². The number of piperidine rings is 1. The first-order valence-corrected chi connectivity index (χ1v) is 10.6. The number of oxazole rings is 1. The van der Waals surface area contributed by atoms with Crippen molar-refractivity contribution >= 4 is 23.2 Å². The molecule has 0 radical (unpaired) electrons. The minimum absolute atomic E-state index is 0.167. The van der Waals surface area contributed by atoms with Crippen LogP contribution in [0, 0.1) is 0 Å². The van der Waals surface area contributed by atoms with E-state index in [2.05, 4.69) is 15.2 Å². The maximum atomic E-state index is 12.7. The zero-order valence-electron chi connectivity index (χ0n) is 17.3. The number of hydrogen-bond acceptors (Lipinski definition) is 5. The molecule has 31 heavy (non-hydrogen) atoms. The Labute approximate surface area is 181 Å². The minimum Gasteiger partial charge on any atom is -0.441 e. The second-order valence-corrected chi connectivity index (χ2v) is 7.68. The molecule has 0 bridgehead atoms. The molecule has 2 heterocycles. The maximum Gasteiger partial charge on any atom is 0.248 e. The number of anilines is 2. The summed E-state index contributed by atoms with van der Waals surface area (Å²) in [4.78, 5) is 30.8. The molecular formula is C24H26N4O3. The Morgan fingerprint density at radius 2 is 1.84 bits per heavy atom. The highest BCUT2D eigenvalue weighted by Crippen LogP contribution is 2.30. The first kappa shape index (κ1) is 20.7. The van der Waals surface area contributed by atoms with Gasteiger partial charge in [-0.1, -0.05) is 30.3 Å². The summed E-state index contributed by atoms with van der Waals surface area (Å²) in [7, 11) is 0. The van der Waals surface area contributed by atoms with Gasteiger partial charge in [0.05, 0.1) is 17.6 Å². The van der Waals surface area contributed by atoms with Gasteiger partial charge in [0.2, 0.25) is 11.8 Å². The summed E-state index contributed by atoms with van der Waals surface area (Å²) in [6, 6.07) is 14.9. The van der Waals surface area contributed by atoms with Gasteiger partial charge < -0.3 is 20.4 Å². The number of carbonyl (C=O) groups excluding carboxylic acids is 2. The number of rotatable bonds is 7. The predicted octanol–water partition coefficient (Wildman–Crippen LogP) is 4.00. The molecule has 160 valence electrons. The molecular weight excluding hydrogens is 392 g/mol. The van der Waals surface area contributed by atoms with Crippen LogP contribution < -0.4 is 16.0 Å². The van der Waals surface area contributed by atoms with Crippen molar-refractivity contribution in [3.63, 3.8) is 0 Å². The van der Waals surface area contributed by atoms with E-state index >= 15 is 0 Å². The van der Waals surface area contributed by atoms with E-state index in [0.29, 0.717) is 29.3 Å². The lowest BCUT2D eigenvalue weighted by Crippen LogP contribution is -2.30. The molecule has 4 rings (SSSR count). The number of nitrogens with one attached hydrogen (secondary N) is 1. The fourth-order valence-electron chi connectivity index (χ4n) is 3.79. The second-order valence-electron chi connectivity index (χ2n) is 7.68. The van der Waals surface area contributed by atoms with Gasteiger partial charge in [-0.2, -0.15) is 0 Å². The van der Waals surface area contributed by atoms with Gasteiger partial charge in [-0.15, -0.1) is 0 Å². The van der Waals surface area contributed by atoms with E-state index in [1.807, 2.05) is 36.4 Å². The molecule has 0 saturated carbocycles. The van der Waals surface area contributed by atoms with Gasteiger partial charge in [0.25, 0.3) is 0 Å². The van der Waals surface area contributed by atoms with Gasteiger partial charge in [0.15, 0.2) is 11.7 Å². The highest BCUT2D eigenvalue weighted by atomic mass is 16.4. The van der Waals surface area contributed by atoms with E-state index in [1.54, 1.807) is 18.3 Å². The fourth-order valence-corrected chi connectivity index (χ4v) is 3.79. The summed E-state index contributed by atoms with van der Waals surface area (Å²) in [5, 5.41) is 2.95. The lowest BCUT2D eigenvalue weighted by Gasteiger charge is -2.30. The largest absolute Gasteiger partial charge is 0.441 e. The van der Waals surface area contributed by atoms with Crippen molar-refractivity contribution in [2.45, 2.75) is 32.1 Å². The Balaban J connectivity index is 1.43. The summed E-state index contributed by atoms with van der Waals surface area (Å²) in [5.41, 5.74) is 8.29. The Morgan fingerprint density at radius 1 is 1.06 bits per heavy atom. The van der Waals surface area contributed by atoms with Crippen LogP contribution in [-0.4, -0.2) is 29.9 Å². The van der Waals surface area contributed by atoms with Crippen molar-refractivity contribution in [1.29, 1.82) is 0 Å². The van der Waals surface area contributed by atoms with Gasteiger partial charge in [-0.05, 0) is 37.5 Å². The average molecular weight is 418 g/mol. The molecule has 7 nitrogen and oxygen atoms in total. The van der Waals surface area contributed by atoms with Crippen molar-refractivity contribution in [2.75, 3.05) is 23.3 Å². The molecule has 0 unspecified atom stereocenters. The van der Waals surface area contributed by atoms with Crippen molar-refractivity contribution in [2.24, 2.45) is 5.73 Å². The van der Waals surface area contributed by atoms with Gasteiger partial charge in [0, 0.05) is 37.1 Å². The summed E-state index contributed by atoms with van der Waals surface area (Å²) in [6.07, 6.45) is 5.70. The molecule has 1 saturated heterocycles. The number of aromatic nitrogens is 1. The number of aryl methyl sites for hydroxylation is 1. The molecule has 0 aliphatic carbocycles. The van der Waals surface area contributed by atoms with Crippen LogP contribution in [0.2, 0.25) is 0 Å². The van der Waals surface area contributed by atoms with Crippen LogP contribution in [0.25, 0.3) is 11.3 Å². The van der Waals surface area contributed by atoms with Crippen LogP contribution in [0.15, 0.2) is 59.1 Å². The third-order valence-electron chi connectivity index (χ3n) is 5.43. The smallest absolute Gasteiger partial charge is 0.248 e. The Kier molecular flexibility index (Phi) is 6.31. The first-order valence-electron chi connectivity index (χ1n) is 10.6. The molecule has 0 atom stereocenters. The quantitative estimate of drug-likeness (QED) is 0.604. The van der Waals surface area contributed by atoms with Gasteiger partial charge >= 0.3 is 0 Å². The standard InChI is InChI=1S/C24H26N4O3/c25-24(30)18-9-10-20(28-13-5-2-6-14-28)19(15-18)27-22(29)11-12-23-26-16-21(31-23)17-7-3-1-4-8-17/h1,3-4,7-10,15-16H,2,5-6,11-14H2,(H2,25,30)(H,27,29). The van der Waals surface area contributed by atoms with E-state index in [4.69, 9.17) is 10.2 Å². The zero-order valence-corrected chi connectivity index (χ0v) is 17.3. The van der Waals surface area contributed by atoms with Crippen molar-refractivity contribution in [1.82, 2.24) is 4.98 Å². The molecule has 3 aromatic rings. The van der Waals surface area contributed by atoms with Crippen LogP contribution >= 0.6 is 0 Å². The lowest BCUT2D eigenvalue weighted by atomic mass is 10.1. The van der Waals surface area contributed by atoms with Crippen LogP contribution in [-0.2, 0) is 11.2 Å². The number of hydrogen-bond donors (Lipinski definition) is 2. The SMILES string of the molecule is NC(=O)c1ccc(N2CCCCC2)c(NC(=O)CCc2ncc(-c3ccccc3)o2)c1. The van der Waals surface area contributed by atoms with Gasteiger partial charge in [-0.3, -0.25) is 9.59 Å². The Bertz CT molecular complexity index is 1060. The Morgan fingerprint density at radius 3 is 2.58 bits per heavy atom. The monoisotopic (exact) mass is 418 g/mol.